The van der Waals surface area contributed by atoms with Crippen LogP contribution in [0.1, 0.15) is 26.7 Å². The molecule has 1 rings (SSSR count). The Morgan fingerprint density at radius 1 is 1.60 bits per heavy atom. The van der Waals surface area contributed by atoms with Gasteiger partial charge < -0.3 is 10.4 Å². The maximum atomic E-state index is 10.5. The van der Waals surface area contributed by atoms with Crippen LogP contribution in [0.4, 0.5) is 0 Å². The highest BCUT2D eigenvalue weighted by molar-refractivity contribution is 5.66. The van der Waals surface area contributed by atoms with Gasteiger partial charge in [0.25, 0.3) is 0 Å². The first kappa shape index (κ1) is 12.5. The zero-order valence-corrected chi connectivity index (χ0v) is 9.70. The molecule has 1 aliphatic heterocycles. The van der Waals surface area contributed by atoms with Gasteiger partial charge in [0.2, 0.25) is 0 Å². The quantitative estimate of drug-likeness (QED) is 0.710. The summed E-state index contributed by atoms with van der Waals surface area (Å²) in [6, 6.07) is 0.512. The van der Waals surface area contributed by atoms with Gasteiger partial charge in [-0.1, -0.05) is 13.8 Å². The fourth-order valence-electron chi connectivity index (χ4n) is 2.11. The van der Waals surface area contributed by atoms with Crippen molar-refractivity contribution in [2.75, 3.05) is 26.2 Å². The molecule has 0 radical (unpaired) electrons. The molecule has 88 valence electrons. The number of carboxylic acids is 1. The van der Waals surface area contributed by atoms with Crippen molar-refractivity contribution in [3.8, 4) is 0 Å². The van der Waals surface area contributed by atoms with Gasteiger partial charge in [-0.2, -0.15) is 0 Å². The average molecular weight is 214 g/mol. The molecule has 1 heterocycles. The fraction of sp³-hybridized carbons (Fsp3) is 0.909. The Morgan fingerprint density at radius 2 is 2.33 bits per heavy atom. The van der Waals surface area contributed by atoms with Gasteiger partial charge in [-0.15, -0.1) is 0 Å². The Balaban J connectivity index is 2.38. The van der Waals surface area contributed by atoms with E-state index in [-0.39, 0.29) is 6.42 Å². The monoisotopic (exact) mass is 214 g/mol. The average Bonchev–Trinajstić information content (AvgIpc) is 2.15. The molecule has 1 saturated heterocycles. The predicted octanol–water partition coefficient (Wildman–Crippen LogP) is 0.781. The third kappa shape index (κ3) is 4.62. The maximum absolute atomic E-state index is 10.5. The number of nitrogens with zero attached hydrogens (tertiary/aromatic N) is 1. The molecule has 1 aliphatic rings. The molecular formula is C11H22N2O2. The lowest BCUT2D eigenvalue weighted by Gasteiger charge is -2.36. The second-order valence-corrected chi connectivity index (χ2v) is 4.67. The first-order valence-corrected chi connectivity index (χ1v) is 5.76. The van der Waals surface area contributed by atoms with Gasteiger partial charge in [0, 0.05) is 32.2 Å². The molecule has 0 aliphatic carbocycles. The molecule has 0 spiro atoms. The lowest BCUT2D eigenvalue weighted by atomic mass is 10.0. The molecule has 0 aromatic heterocycles. The van der Waals surface area contributed by atoms with Crippen molar-refractivity contribution in [1.29, 1.82) is 0 Å². The van der Waals surface area contributed by atoms with Crippen molar-refractivity contribution in [3.63, 3.8) is 0 Å². The summed E-state index contributed by atoms with van der Waals surface area (Å²) in [6.07, 6.45) is 1.40. The van der Waals surface area contributed by atoms with Crippen LogP contribution in [0, 0.1) is 5.92 Å². The Bertz CT molecular complexity index is 207. The normalized spacial score (nSPS) is 23.3. The molecule has 0 bridgehead atoms. The van der Waals surface area contributed by atoms with Crippen LogP contribution in [0.15, 0.2) is 0 Å². The minimum atomic E-state index is -0.697. The Kier molecular flexibility index (Phi) is 5.05. The van der Waals surface area contributed by atoms with Crippen molar-refractivity contribution in [3.05, 3.63) is 0 Å². The molecule has 0 aromatic carbocycles. The van der Waals surface area contributed by atoms with Crippen molar-refractivity contribution >= 4 is 5.97 Å². The summed E-state index contributed by atoms with van der Waals surface area (Å²) in [7, 11) is 0. The smallest absolute Gasteiger partial charge is 0.304 e. The highest BCUT2D eigenvalue weighted by atomic mass is 16.4. The van der Waals surface area contributed by atoms with E-state index in [4.69, 9.17) is 5.11 Å². The van der Waals surface area contributed by atoms with Crippen LogP contribution in [0.3, 0.4) is 0 Å². The molecule has 0 unspecified atom stereocenters. The minimum Gasteiger partial charge on any atom is -0.481 e. The number of carbonyl (C=O) groups is 1. The molecule has 0 aromatic rings. The molecule has 2 N–H and O–H groups in total. The summed E-state index contributed by atoms with van der Waals surface area (Å²) in [4.78, 5) is 12.8. The van der Waals surface area contributed by atoms with Gasteiger partial charge in [0.15, 0.2) is 0 Å². The third-order valence-electron chi connectivity index (χ3n) is 2.83. The van der Waals surface area contributed by atoms with E-state index < -0.39 is 5.97 Å². The van der Waals surface area contributed by atoms with E-state index in [9.17, 15) is 4.79 Å². The first-order valence-electron chi connectivity index (χ1n) is 5.76. The van der Waals surface area contributed by atoms with Gasteiger partial charge in [0.05, 0.1) is 6.42 Å². The summed E-state index contributed by atoms with van der Waals surface area (Å²) in [5, 5.41) is 12.0. The lowest BCUT2D eigenvalue weighted by molar-refractivity contribution is -0.137. The molecule has 0 amide bonds. The van der Waals surface area contributed by atoms with Crippen LogP contribution in [0.5, 0.6) is 0 Å². The topological polar surface area (TPSA) is 52.6 Å². The van der Waals surface area contributed by atoms with Gasteiger partial charge in [0.1, 0.15) is 0 Å². The van der Waals surface area contributed by atoms with Crippen molar-refractivity contribution in [1.82, 2.24) is 10.2 Å². The minimum absolute atomic E-state index is 0.259. The molecule has 1 atom stereocenters. The van der Waals surface area contributed by atoms with Crippen LogP contribution in [-0.2, 0) is 4.79 Å². The molecular weight excluding hydrogens is 192 g/mol. The Labute approximate surface area is 91.6 Å². The number of carboxylic acid groups (broad SMARTS) is 1. The van der Waals surface area contributed by atoms with Gasteiger partial charge >= 0.3 is 5.97 Å². The summed E-state index contributed by atoms with van der Waals surface area (Å²) < 4.78 is 0. The number of piperazine rings is 1. The standard InChI is InChI=1S/C11H22N2O2/c1-9(2)7-10-8-12-4-6-13(10)5-3-11(14)15/h9-10,12H,3-8H2,1-2H3,(H,14,15)/t10-/m1/s1. The van der Waals surface area contributed by atoms with E-state index >= 15 is 0 Å². The highest BCUT2D eigenvalue weighted by Gasteiger charge is 2.22. The van der Waals surface area contributed by atoms with Crippen LogP contribution >= 0.6 is 0 Å². The molecule has 15 heavy (non-hydrogen) atoms. The second-order valence-electron chi connectivity index (χ2n) is 4.67. The van der Waals surface area contributed by atoms with Gasteiger partial charge in [-0.3, -0.25) is 9.69 Å². The second kappa shape index (κ2) is 6.08. The zero-order valence-electron chi connectivity index (χ0n) is 9.70. The molecule has 1 fully saturated rings. The largest absolute Gasteiger partial charge is 0.481 e. The van der Waals surface area contributed by atoms with E-state index in [0.717, 1.165) is 26.1 Å². The SMILES string of the molecule is CC(C)C[C@@H]1CNCCN1CCC(=O)O. The van der Waals surface area contributed by atoms with Gasteiger partial charge in [-0.05, 0) is 12.3 Å². The number of nitrogens with one attached hydrogen (secondary N) is 1. The van der Waals surface area contributed by atoms with Crippen LogP contribution in [0.2, 0.25) is 0 Å². The Morgan fingerprint density at radius 3 is 2.93 bits per heavy atom. The third-order valence-corrected chi connectivity index (χ3v) is 2.83. The van der Waals surface area contributed by atoms with Crippen molar-refractivity contribution < 1.29 is 9.90 Å². The highest BCUT2D eigenvalue weighted by Crippen LogP contribution is 2.13. The van der Waals surface area contributed by atoms with Gasteiger partial charge in [-0.25, -0.2) is 0 Å². The van der Waals surface area contributed by atoms with E-state index in [1.165, 1.54) is 0 Å². The number of rotatable bonds is 5. The zero-order chi connectivity index (χ0) is 11.3. The molecule has 4 heteroatoms. The fourth-order valence-corrected chi connectivity index (χ4v) is 2.11. The summed E-state index contributed by atoms with van der Waals surface area (Å²) in [5.41, 5.74) is 0. The van der Waals surface area contributed by atoms with E-state index in [1.807, 2.05) is 0 Å². The van der Waals surface area contributed by atoms with E-state index in [2.05, 4.69) is 24.1 Å². The van der Waals surface area contributed by atoms with Crippen LogP contribution in [0.25, 0.3) is 0 Å². The Hall–Kier alpha value is -0.610. The lowest BCUT2D eigenvalue weighted by Crippen LogP contribution is -2.52. The van der Waals surface area contributed by atoms with Crippen molar-refractivity contribution in [2.24, 2.45) is 5.92 Å². The summed E-state index contributed by atoms with van der Waals surface area (Å²) in [6.45, 7) is 8.07. The van der Waals surface area contributed by atoms with E-state index in [1.54, 1.807) is 0 Å². The predicted molar refractivity (Wildman–Crippen MR) is 59.9 cm³/mol. The van der Waals surface area contributed by atoms with Crippen molar-refractivity contribution in [2.45, 2.75) is 32.7 Å². The number of hydrogen-bond acceptors (Lipinski definition) is 3. The molecule has 0 saturated carbocycles. The number of hydrogen-bond donors (Lipinski definition) is 2. The first-order chi connectivity index (χ1) is 7.09. The van der Waals surface area contributed by atoms with Crippen LogP contribution < -0.4 is 5.32 Å². The maximum Gasteiger partial charge on any atom is 0.304 e. The summed E-state index contributed by atoms with van der Waals surface area (Å²) >= 11 is 0. The van der Waals surface area contributed by atoms with Crippen LogP contribution in [-0.4, -0.2) is 48.2 Å². The molecule has 4 nitrogen and oxygen atoms in total. The van der Waals surface area contributed by atoms with E-state index in [0.29, 0.717) is 18.5 Å². The number of aliphatic carboxylic acids is 1. The summed E-state index contributed by atoms with van der Waals surface area (Å²) in [5.74, 6) is -0.0287.